The van der Waals surface area contributed by atoms with Crippen LogP contribution in [-0.2, 0) is 0 Å². The average molecular weight is 258 g/mol. The normalized spacial score (nSPS) is 10.4. The fourth-order valence-electron chi connectivity index (χ4n) is 1.16. The van der Waals surface area contributed by atoms with Crippen molar-refractivity contribution in [3.05, 3.63) is 40.3 Å². The maximum atomic E-state index is 10.8. The van der Waals surface area contributed by atoms with Gasteiger partial charge in [0.1, 0.15) is 10.7 Å². The zero-order chi connectivity index (χ0) is 11.7. The third-order valence-corrected chi connectivity index (χ3v) is 2.54. The Balaban J connectivity index is 2.58. The van der Waals surface area contributed by atoms with E-state index in [1.54, 1.807) is 12.1 Å². The summed E-state index contributed by atoms with van der Waals surface area (Å²) in [7, 11) is 0. The van der Waals surface area contributed by atoms with Crippen molar-refractivity contribution in [2.45, 2.75) is 0 Å². The summed E-state index contributed by atoms with van der Waals surface area (Å²) in [6.45, 7) is 0. The molecule has 82 valence electrons. The summed E-state index contributed by atoms with van der Waals surface area (Å²) in [5.74, 6) is -0.857. The lowest BCUT2D eigenvalue weighted by Gasteiger charge is -2.03. The molecular formula is C9H5Cl2N3O2. The largest absolute Gasteiger partial charge is 0.478 e. The van der Waals surface area contributed by atoms with Gasteiger partial charge in [-0.05, 0) is 12.1 Å². The third kappa shape index (κ3) is 1.75. The van der Waals surface area contributed by atoms with Crippen molar-refractivity contribution >= 4 is 29.2 Å². The summed E-state index contributed by atoms with van der Waals surface area (Å²) in [6, 6.07) is 3.27. The molecule has 2 aromatic heterocycles. The second-order valence-electron chi connectivity index (χ2n) is 2.87. The predicted octanol–water partition coefficient (Wildman–Crippen LogP) is 2.27. The van der Waals surface area contributed by atoms with Gasteiger partial charge < -0.3 is 5.11 Å². The second kappa shape index (κ2) is 4.11. The number of hydrogen-bond acceptors (Lipinski definition) is 3. The van der Waals surface area contributed by atoms with Crippen molar-refractivity contribution in [2.24, 2.45) is 0 Å². The van der Waals surface area contributed by atoms with E-state index in [1.165, 1.54) is 10.9 Å². The fourth-order valence-corrected chi connectivity index (χ4v) is 1.61. The van der Waals surface area contributed by atoms with Crippen LogP contribution in [0.5, 0.6) is 0 Å². The Bertz CT molecular complexity index is 553. The first kappa shape index (κ1) is 10.9. The Morgan fingerprint density at radius 1 is 1.44 bits per heavy atom. The van der Waals surface area contributed by atoms with E-state index in [-0.39, 0.29) is 10.7 Å². The van der Waals surface area contributed by atoms with Crippen LogP contribution in [0.4, 0.5) is 0 Å². The standard InChI is InChI=1S/C9H5Cl2N3O2/c10-6-2-1-3-12-8(6)14-7(11)5(4-13-14)9(15)16/h1-4H,(H,15,16). The van der Waals surface area contributed by atoms with E-state index in [0.717, 1.165) is 6.20 Å². The van der Waals surface area contributed by atoms with Crippen LogP contribution in [0.25, 0.3) is 5.82 Å². The maximum absolute atomic E-state index is 10.8. The summed E-state index contributed by atoms with van der Waals surface area (Å²) in [5.41, 5.74) is -0.0941. The lowest BCUT2D eigenvalue weighted by Crippen LogP contribution is -2.01. The Morgan fingerprint density at radius 3 is 2.75 bits per heavy atom. The minimum Gasteiger partial charge on any atom is -0.478 e. The van der Waals surface area contributed by atoms with Gasteiger partial charge in [-0.15, -0.1) is 0 Å². The van der Waals surface area contributed by atoms with Gasteiger partial charge in [0.15, 0.2) is 5.82 Å². The minimum absolute atomic E-state index is 0.0342. The lowest BCUT2D eigenvalue weighted by molar-refractivity contribution is 0.0697. The first-order chi connectivity index (χ1) is 7.61. The molecule has 16 heavy (non-hydrogen) atoms. The molecule has 2 aromatic rings. The Labute approximate surface area is 100 Å². The van der Waals surface area contributed by atoms with E-state index >= 15 is 0 Å². The average Bonchev–Trinajstić information content (AvgIpc) is 2.61. The van der Waals surface area contributed by atoms with Gasteiger partial charge in [0, 0.05) is 6.20 Å². The van der Waals surface area contributed by atoms with Crippen molar-refractivity contribution < 1.29 is 9.90 Å². The molecule has 0 aliphatic carbocycles. The number of carbonyl (C=O) groups is 1. The highest BCUT2D eigenvalue weighted by Gasteiger charge is 2.17. The number of pyridine rings is 1. The van der Waals surface area contributed by atoms with E-state index in [2.05, 4.69) is 10.1 Å². The molecule has 0 aliphatic heterocycles. The molecule has 0 radical (unpaired) electrons. The first-order valence-electron chi connectivity index (χ1n) is 4.19. The predicted molar refractivity (Wildman–Crippen MR) is 58.3 cm³/mol. The molecule has 0 bridgehead atoms. The third-order valence-electron chi connectivity index (χ3n) is 1.88. The van der Waals surface area contributed by atoms with Crippen LogP contribution < -0.4 is 0 Å². The number of hydrogen-bond donors (Lipinski definition) is 1. The SMILES string of the molecule is O=C(O)c1cnn(-c2ncccc2Cl)c1Cl. The van der Waals surface area contributed by atoms with Crippen LogP contribution in [0.2, 0.25) is 10.2 Å². The molecule has 0 atom stereocenters. The number of halogens is 2. The quantitative estimate of drug-likeness (QED) is 0.897. The molecule has 2 heterocycles. The number of rotatable bonds is 2. The van der Waals surface area contributed by atoms with Gasteiger partial charge >= 0.3 is 5.97 Å². The molecule has 7 heteroatoms. The summed E-state index contributed by atoms with van der Waals surface area (Å²) in [4.78, 5) is 14.7. The van der Waals surface area contributed by atoms with E-state index in [9.17, 15) is 4.79 Å². The number of aromatic carboxylic acids is 1. The Hall–Kier alpha value is -1.59. The zero-order valence-electron chi connectivity index (χ0n) is 7.76. The van der Waals surface area contributed by atoms with Gasteiger partial charge in [-0.25, -0.2) is 14.5 Å². The molecule has 2 rings (SSSR count). The van der Waals surface area contributed by atoms with Crippen molar-refractivity contribution in [1.82, 2.24) is 14.8 Å². The van der Waals surface area contributed by atoms with E-state index in [4.69, 9.17) is 28.3 Å². The Morgan fingerprint density at radius 2 is 2.19 bits per heavy atom. The van der Waals surface area contributed by atoms with Crippen molar-refractivity contribution in [3.8, 4) is 5.82 Å². The van der Waals surface area contributed by atoms with Gasteiger partial charge in [-0.3, -0.25) is 0 Å². The monoisotopic (exact) mass is 257 g/mol. The van der Waals surface area contributed by atoms with Gasteiger partial charge in [-0.2, -0.15) is 5.10 Å². The molecule has 0 aromatic carbocycles. The fraction of sp³-hybridized carbons (Fsp3) is 0. The molecule has 1 N–H and O–H groups in total. The summed E-state index contributed by atoms with van der Waals surface area (Å²) in [6.07, 6.45) is 2.66. The van der Waals surface area contributed by atoms with Gasteiger partial charge in [-0.1, -0.05) is 23.2 Å². The molecule has 0 fully saturated rings. The van der Waals surface area contributed by atoms with E-state index < -0.39 is 5.97 Å². The van der Waals surface area contributed by atoms with Crippen LogP contribution >= 0.6 is 23.2 Å². The molecule has 5 nitrogen and oxygen atoms in total. The molecule has 0 saturated heterocycles. The van der Waals surface area contributed by atoms with Crippen LogP contribution in [0.1, 0.15) is 10.4 Å². The van der Waals surface area contributed by atoms with Crippen molar-refractivity contribution in [2.75, 3.05) is 0 Å². The minimum atomic E-state index is -1.15. The Kier molecular flexibility index (Phi) is 2.80. The number of carboxylic acids is 1. The highest BCUT2D eigenvalue weighted by atomic mass is 35.5. The van der Waals surface area contributed by atoms with Gasteiger partial charge in [0.25, 0.3) is 0 Å². The van der Waals surface area contributed by atoms with Crippen LogP contribution in [0.15, 0.2) is 24.5 Å². The van der Waals surface area contributed by atoms with Gasteiger partial charge in [0.2, 0.25) is 0 Å². The molecule has 0 amide bonds. The maximum Gasteiger partial charge on any atom is 0.340 e. The van der Waals surface area contributed by atoms with Gasteiger partial charge in [0.05, 0.1) is 11.2 Å². The first-order valence-corrected chi connectivity index (χ1v) is 4.94. The number of carboxylic acid groups (broad SMARTS) is 1. The summed E-state index contributed by atoms with van der Waals surface area (Å²) in [5, 5.41) is 12.9. The molecular weight excluding hydrogens is 253 g/mol. The van der Waals surface area contributed by atoms with Crippen LogP contribution in [0.3, 0.4) is 0 Å². The molecule has 0 saturated carbocycles. The number of aromatic nitrogens is 3. The van der Waals surface area contributed by atoms with E-state index in [0.29, 0.717) is 10.8 Å². The second-order valence-corrected chi connectivity index (χ2v) is 3.64. The zero-order valence-corrected chi connectivity index (χ0v) is 9.27. The van der Waals surface area contributed by atoms with Crippen LogP contribution in [-0.4, -0.2) is 25.8 Å². The number of nitrogens with zero attached hydrogens (tertiary/aromatic N) is 3. The molecule has 0 aliphatic rings. The molecule has 0 spiro atoms. The lowest BCUT2D eigenvalue weighted by atomic mass is 10.4. The summed E-state index contributed by atoms with van der Waals surface area (Å²) >= 11 is 11.7. The van der Waals surface area contributed by atoms with Crippen LogP contribution in [0, 0.1) is 0 Å². The van der Waals surface area contributed by atoms with E-state index in [1.807, 2.05) is 0 Å². The van der Waals surface area contributed by atoms with Crippen molar-refractivity contribution in [3.63, 3.8) is 0 Å². The molecule has 0 unspecified atom stereocenters. The highest BCUT2D eigenvalue weighted by molar-refractivity contribution is 6.34. The summed E-state index contributed by atoms with van der Waals surface area (Å²) < 4.78 is 1.17. The topological polar surface area (TPSA) is 68.0 Å². The van der Waals surface area contributed by atoms with Crippen molar-refractivity contribution in [1.29, 1.82) is 0 Å². The smallest absolute Gasteiger partial charge is 0.340 e. The highest BCUT2D eigenvalue weighted by Crippen LogP contribution is 2.23.